The van der Waals surface area contributed by atoms with Crippen LogP contribution in [0.2, 0.25) is 0 Å². The lowest BCUT2D eigenvalue weighted by Gasteiger charge is -2.38. The Kier molecular flexibility index (Phi) is 5.57. The van der Waals surface area contributed by atoms with Crippen molar-refractivity contribution in [2.45, 2.75) is 70.6 Å². The van der Waals surface area contributed by atoms with Gasteiger partial charge in [-0.3, -0.25) is 0 Å². The molecule has 1 aromatic rings. The van der Waals surface area contributed by atoms with Gasteiger partial charge < -0.3 is 5.11 Å². The first-order chi connectivity index (χ1) is 11.6. The van der Waals surface area contributed by atoms with Crippen LogP contribution in [0.25, 0.3) is 0 Å². The van der Waals surface area contributed by atoms with E-state index in [1.807, 2.05) is 6.07 Å². The molecule has 0 spiro atoms. The van der Waals surface area contributed by atoms with Gasteiger partial charge >= 0.3 is 5.97 Å². The monoisotopic (exact) mass is 332 g/mol. The van der Waals surface area contributed by atoms with Crippen molar-refractivity contribution in [2.24, 2.45) is 17.8 Å². The number of carbonyl (C=O) groups is 1. The van der Waals surface area contributed by atoms with Crippen molar-refractivity contribution in [3.05, 3.63) is 35.1 Å². The summed E-state index contributed by atoms with van der Waals surface area (Å²) in [5.41, 5.74) is 0.755. The highest BCUT2D eigenvalue weighted by Crippen LogP contribution is 2.44. The topological polar surface area (TPSA) is 37.3 Å². The third kappa shape index (κ3) is 3.81. The van der Waals surface area contributed by atoms with E-state index in [0.29, 0.717) is 5.92 Å². The Labute approximate surface area is 144 Å². The largest absolute Gasteiger partial charge is 0.478 e. The van der Waals surface area contributed by atoms with E-state index in [-0.39, 0.29) is 5.56 Å². The third-order valence-corrected chi connectivity index (χ3v) is 6.60. The zero-order chi connectivity index (χ0) is 17.1. The van der Waals surface area contributed by atoms with Crippen LogP contribution >= 0.6 is 0 Å². The minimum Gasteiger partial charge on any atom is -0.478 e. The van der Waals surface area contributed by atoms with Crippen LogP contribution in [0.15, 0.2) is 18.2 Å². The zero-order valence-electron chi connectivity index (χ0n) is 14.6. The molecule has 1 N–H and O–H groups in total. The average molecular weight is 332 g/mol. The van der Waals surface area contributed by atoms with Gasteiger partial charge in [-0.2, -0.15) is 0 Å². The van der Waals surface area contributed by atoms with Crippen LogP contribution in [0.5, 0.6) is 0 Å². The highest BCUT2D eigenvalue weighted by Gasteiger charge is 2.31. The van der Waals surface area contributed by atoms with Crippen LogP contribution in [-0.2, 0) is 0 Å². The van der Waals surface area contributed by atoms with Crippen molar-refractivity contribution < 1.29 is 14.3 Å². The molecule has 0 amide bonds. The van der Waals surface area contributed by atoms with E-state index in [1.54, 1.807) is 0 Å². The number of benzene rings is 1. The summed E-state index contributed by atoms with van der Waals surface area (Å²) in [6.07, 6.45) is 11.7. The van der Waals surface area contributed by atoms with E-state index in [0.717, 1.165) is 36.2 Å². The van der Waals surface area contributed by atoms with Gasteiger partial charge in [0.2, 0.25) is 0 Å². The fourth-order valence-electron chi connectivity index (χ4n) is 4.95. The second-order valence-electron chi connectivity index (χ2n) is 7.85. The van der Waals surface area contributed by atoms with Crippen molar-refractivity contribution in [1.29, 1.82) is 0 Å². The van der Waals surface area contributed by atoms with Crippen LogP contribution in [-0.4, -0.2) is 11.1 Å². The summed E-state index contributed by atoms with van der Waals surface area (Å²) in [4.78, 5) is 10.9. The predicted molar refractivity (Wildman–Crippen MR) is 93.8 cm³/mol. The van der Waals surface area contributed by atoms with Gasteiger partial charge in [0.25, 0.3) is 0 Å². The fourth-order valence-corrected chi connectivity index (χ4v) is 4.95. The van der Waals surface area contributed by atoms with E-state index in [2.05, 4.69) is 6.92 Å². The molecule has 0 atom stereocenters. The number of hydrogen-bond donors (Lipinski definition) is 1. The average Bonchev–Trinajstić information content (AvgIpc) is 2.61. The lowest BCUT2D eigenvalue weighted by Crippen LogP contribution is -2.25. The normalized spacial score (nSPS) is 30.9. The zero-order valence-corrected chi connectivity index (χ0v) is 14.6. The first kappa shape index (κ1) is 17.4. The minimum atomic E-state index is -1.19. The van der Waals surface area contributed by atoms with E-state index >= 15 is 0 Å². The van der Waals surface area contributed by atoms with Gasteiger partial charge in [-0.05, 0) is 79.9 Å². The molecule has 0 radical (unpaired) electrons. The van der Waals surface area contributed by atoms with Crippen LogP contribution in [0.1, 0.15) is 86.6 Å². The van der Waals surface area contributed by atoms with E-state index in [1.165, 1.54) is 57.1 Å². The predicted octanol–water partition coefficient (Wildman–Crippen LogP) is 6.01. The highest BCUT2D eigenvalue weighted by atomic mass is 19.1. The van der Waals surface area contributed by atoms with Gasteiger partial charge in [-0.25, -0.2) is 9.18 Å². The molecule has 3 heteroatoms. The molecule has 3 rings (SSSR count). The van der Waals surface area contributed by atoms with Crippen LogP contribution in [0, 0.1) is 23.6 Å². The molecule has 132 valence electrons. The molecule has 0 heterocycles. The standard InChI is InChI=1S/C21H29FO2/c1-2-14-3-5-15(6-4-14)16-7-9-17(10-8-16)18-11-12-19(21(23)24)20(22)13-18/h11-17H,2-10H2,1H3,(H,23,24)/t14-,15-,16?,17?. The van der Waals surface area contributed by atoms with Gasteiger partial charge in [0.1, 0.15) is 5.82 Å². The van der Waals surface area contributed by atoms with Crippen molar-refractivity contribution in [3.63, 3.8) is 0 Å². The molecule has 2 aliphatic rings. The Hall–Kier alpha value is -1.38. The number of carboxylic acids is 1. The molecule has 1 aromatic carbocycles. The summed E-state index contributed by atoms with van der Waals surface area (Å²) < 4.78 is 13.9. The Balaban J connectivity index is 1.55. The summed E-state index contributed by atoms with van der Waals surface area (Å²) in [6, 6.07) is 4.68. The second kappa shape index (κ2) is 7.67. The summed E-state index contributed by atoms with van der Waals surface area (Å²) in [5, 5.41) is 8.94. The molecular formula is C21H29FO2. The van der Waals surface area contributed by atoms with Gasteiger partial charge in [-0.1, -0.05) is 32.3 Å². The Morgan fingerprint density at radius 3 is 2.12 bits per heavy atom. The summed E-state index contributed by atoms with van der Waals surface area (Å²) in [5.74, 6) is 1.31. The van der Waals surface area contributed by atoms with Crippen LogP contribution in [0.3, 0.4) is 0 Å². The van der Waals surface area contributed by atoms with E-state index < -0.39 is 11.8 Å². The van der Waals surface area contributed by atoms with Crippen molar-refractivity contribution in [3.8, 4) is 0 Å². The first-order valence-electron chi connectivity index (χ1n) is 9.61. The number of aromatic carboxylic acids is 1. The fraction of sp³-hybridized carbons (Fsp3) is 0.667. The molecule has 2 saturated carbocycles. The molecular weight excluding hydrogens is 303 g/mol. The third-order valence-electron chi connectivity index (χ3n) is 6.60. The number of carboxylic acid groups (broad SMARTS) is 1. The molecule has 2 nitrogen and oxygen atoms in total. The van der Waals surface area contributed by atoms with Crippen LogP contribution < -0.4 is 0 Å². The van der Waals surface area contributed by atoms with Crippen molar-refractivity contribution >= 4 is 5.97 Å². The van der Waals surface area contributed by atoms with Crippen LogP contribution in [0.4, 0.5) is 4.39 Å². The minimum absolute atomic E-state index is 0.222. The lowest BCUT2D eigenvalue weighted by molar-refractivity contribution is 0.0692. The molecule has 2 aliphatic carbocycles. The van der Waals surface area contributed by atoms with Gasteiger partial charge in [0, 0.05) is 0 Å². The van der Waals surface area contributed by atoms with Gasteiger partial charge in [0.15, 0.2) is 0 Å². The highest BCUT2D eigenvalue weighted by molar-refractivity contribution is 5.87. The molecule has 2 fully saturated rings. The molecule has 0 bridgehead atoms. The summed E-state index contributed by atoms with van der Waals surface area (Å²) in [6.45, 7) is 2.31. The lowest BCUT2D eigenvalue weighted by atomic mass is 9.68. The van der Waals surface area contributed by atoms with E-state index in [4.69, 9.17) is 5.11 Å². The maximum atomic E-state index is 13.9. The number of hydrogen-bond acceptors (Lipinski definition) is 1. The smallest absolute Gasteiger partial charge is 0.338 e. The molecule has 0 aliphatic heterocycles. The quantitative estimate of drug-likeness (QED) is 0.732. The summed E-state index contributed by atoms with van der Waals surface area (Å²) >= 11 is 0. The Morgan fingerprint density at radius 1 is 1.04 bits per heavy atom. The molecule has 24 heavy (non-hydrogen) atoms. The van der Waals surface area contributed by atoms with Gasteiger partial charge in [-0.15, -0.1) is 0 Å². The number of rotatable bonds is 4. The van der Waals surface area contributed by atoms with E-state index in [9.17, 15) is 9.18 Å². The molecule has 0 aromatic heterocycles. The maximum Gasteiger partial charge on any atom is 0.338 e. The second-order valence-corrected chi connectivity index (χ2v) is 7.85. The van der Waals surface area contributed by atoms with Crippen molar-refractivity contribution in [2.75, 3.05) is 0 Å². The SMILES string of the molecule is CC[C@H]1CC[C@H](C2CCC(c3ccc(C(=O)O)c(F)c3)CC2)CC1. The first-order valence-corrected chi connectivity index (χ1v) is 9.61. The molecule has 0 saturated heterocycles. The number of halogens is 1. The maximum absolute atomic E-state index is 13.9. The van der Waals surface area contributed by atoms with Gasteiger partial charge in [0.05, 0.1) is 5.56 Å². The Morgan fingerprint density at radius 2 is 1.62 bits per heavy atom. The molecule has 0 unspecified atom stereocenters. The summed E-state index contributed by atoms with van der Waals surface area (Å²) in [7, 11) is 0. The van der Waals surface area contributed by atoms with Crippen molar-refractivity contribution in [1.82, 2.24) is 0 Å². The Bertz CT molecular complexity index is 567.